The lowest BCUT2D eigenvalue weighted by molar-refractivity contribution is 0.388. The maximum Gasteiger partial charge on any atom is 0.243 e. The van der Waals surface area contributed by atoms with Crippen molar-refractivity contribution in [1.29, 1.82) is 0 Å². The van der Waals surface area contributed by atoms with E-state index >= 15 is 0 Å². The molecule has 1 aliphatic heterocycles. The van der Waals surface area contributed by atoms with Crippen LogP contribution in [0.25, 0.3) is 10.9 Å². The Morgan fingerprint density at radius 1 is 1.09 bits per heavy atom. The highest BCUT2D eigenvalue weighted by Crippen LogP contribution is 2.30. The summed E-state index contributed by atoms with van der Waals surface area (Å²) in [4.78, 5) is 3.52. The van der Waals surface area contributed by atoms with Crippen LogP contribution in [0.1, 0.15) is 11.3 Å². The van der Waals surface area contributed by atoms with Gasteiger partial charge in [-0.3, -0.25) is 0 Å². The molecule has 4 rings (SSSR count). The van der Waals surface area contributed by atoms with E-state index in [0.717, 1.165) is 22.2 Å². The van der Waals surface area contributed by atoms with E-state index in [1.807, 2.05) is 0 Å². The first kappa shape index (κ1) is 14.4. The summed E-state index contributed by atoms with van der Waals surface area (Å²) in [6.45, 7) is 0.677. The maximum absolute atomic E-state index is 13.5. The minimum atomic E-state index is -3.51. The van der Waals surface area contributed by atoms with E-state index in [9.17, 15) is 12.8 Å². The Bertz CT molecular complexity index is 981. The first-order valence-electron chi connectivity index (χ1n) is 7.40. The summed E-state index contributed by atoms with van der Waals surface area (Å²) in [7, 11) is -3.51. The zero-order valence-electron chi connectivity index (χ0n) is 12.3. The Morgan fingerprint density at radius 2 is 1.87 bits per heavy atom. The standard InChI is InChI=1S/C17H15FN2O2S/c18-12-6-7-16-15(10-12)14-8-9-20(11-17(14)19-16)23(21,22)13-4-2-1-3-5-13/h1-7,10,19H,8-9,11H2. The molecule has 0 spiro atoms. The van der Waals surface area contributed by atoms with Crippen molar-refractivity contribution in [2.45, 2.75) is 17.9 Å². The summed E-state index contributed by atoms with van der Waals surface area (Å²) in [5.41, 5.74) is 2.70. The van der Waals surface area contributed by atoms with Gasteiger partial charge in [0.05, 0.1) is 11.4 Å². The Labute approximate surface area is 133 Å². The molecule has 0 saturated carbocycles. The quantitative estimate of drug-likeness (QED) is 0.785. The summed E-state index contributed by atoms with van der Waals surface area (Å²) in [5.74, 6) is -0.279. The number of benzene rings is 2. The van der Waals surface area contributed by atoms with Crippen molar-refractivity contribution in [3.05, 3.63) is 65.6 Å². The van der Waals surface area contributed by atoms with Crippen molar-refractivity contribution in [3.8, 4) is 0 Å². The fourth-order valence-electron chi connectivity index (χ4n) is 3.13. The number of nitrogens with one attached hydrogen (secondary N) is 1. The molecule has 0 aliphatic carbocycles. The number of hydrogen-bond donors (Lipinski definition) is 1. The number of nitrogens with zero attached hydrogens (tertiary/aromatic N) is 1. The van der Waals surface area contributed by atoms with Gasteiger partial charge in [-0.1, -0.05) is 18.2 Å². The predicted molar refractivity (Wildman–Crippen MR) is 86.0 cm³/mol. The van der Waals surface area contributed by atoms with Gasteiger partial charge in [0.25, 0.3) is 0 Å². The summed E-state index contributed by atoms with van der Waals surface area (Å²) < 4.78 is 40.4. The smallest absolute Gasteiger partial charge is 0.243 e. The number of H-pyrrole nitrogens is 1. The zero-order chi connectivity index (χ0) is 16.0. The molecule has 0 atom stereocenters. The van der Waals surface area contributed by atoms with Gasteiger partial charge in [-0.25, -0.2) is 12.8 Å². The summed E-state index contributed by atoms with van der Waals surface area (Å²) in [6, 6.07) is 13.0. The van der Waals surface area contributed by atoms with Gasteiger partial charge in [0.15, 0.2) is 0 Å². The molecule has 0 saturated heterocycles. The number of halogens is 1. The van der Waals surface area contributed by atoms with Crippen LogP contribution in [0.3, 0.4) is 0 Å². The first-order valence-corrected chi connectivity index (χ1v) is 8.84. The molecule has 0 amide bonds. The van der Waals surface area contributed by atoms with E-state index in [4.69, 9.17) is 0 Å². The van der Waals surface area contributed by atoms with Gasteiger partial charge in [-0.2, -0.15) is 4.31 Å². The molecule has 2 heterocycles. The van der Waals surface area contributed by atoms with Crippen LogP contribution in [-0.2, 0) is 23.0 Å². The van der Waals surface area contributed by atoms with Crippen molar-refractivity contribution in [2.24, 2.45) is 0 Å². The first-order chi connectivity index (χ1) is 11.1. The van der Waals surface area contributed by atoms with Crippen LogP contribution < -0.4 is 0 Å². The van der Waals surface area contributed by atoms with Crippen LogP contribution in [0, 0.1) is 5.82 Å². The minimum Gasteiger partial charge on any atom is -0.357 e. The van der Waals surface area contributed by atoms with Crippen LogP contribution in [0.15, 0.2) is 53.4 Å². The second-order valence-electron chi connectivity index (χ2n) is 5.67. The van der Waals surface area contributed by atoms with Crippen molar-refractivity contribution in [2.75, 3.05) is 6.54 Å². The molecule has 2 aromatic carbocycles. The highest BCUT2D eigenvalue weighted by Gasteiger charge is 2.30. The zero-order valence-corrected chi connectivity index (χ0v) is 13.1. The highest BCUT2D eigenvalue weighted by molar-refractivity contribution is 7.89. The number of fused-ring (bicyclic) bond motifs is 3. The molecule has 0 unspecified atom stereocenters. The third-order valence-electron chi connectivity index (χ3n) is 4.28. The van der Waals surface area contributed by atoms with E-state index in [1.54, 1.807) is 36.4 Å². The molecular weight excluding hydrogens is 315 g/mol. The lowest BCUT2D eigenvalue weighted by Gasteiger charge is -2.26. The van der Waals surface area contributed by atoms with E-state index in [2.05, 4.69) is 4.98 Å². The lowest BCUT2D eigenvalue weighted by Crippen LogP contribution is -2.35. The average Bonchev–Trinajstić information content (AvgIpc) is 2.92. The molecule has 0 fully saturated rings. The molecule has 1 aromatic heterocycles. The lowest BCUT2D eigenvalue weighted by atomic mass is 10.0. The van der Waals surface area contributed by atoms with Crippen LogP contribution in [0.5, 0.6) is 0 Å². The molecular formula is C17H15FN2O2S. The van der Waals surface area contributed by atoms with Crippen molar-refractivity contribution >= 4 is 20.9 Å². The fraction of sp³-hybridized carbons (Fsp3) is 0.176. The Kier molecular flexibility index (Phi) is 3.25. The van der Waals surface area contributed by atoms with Gasteiger partial charge in [0.2, 0.25) is 10.0 Å². The average molecular weight is 330 g/mol. The Balaban J connectivity index is 1.73. The molecule has 0 bridgehead atoms. The van der Waals surface area contributed by atoms with Crippen LogP contribution >= 0.6 is 0 Å². The molecule has 3 aromatic rings. The van der Waals surface area contributed by atoms with Gasteiger partial charge >= 0.3 is 0 Å². The number of rotatable bonds is 2. The number of sulfonamides is 1. The molecule has 0 radical (unpaired) electrons. The minimum absolute atomic E-state index is 0.279. The summed E-state index contributed by atoms with van der Waals surface area (Å²) >= 11 is 0. The summed E-state index contributed by atoms with van der Waals surface area (Å²) in [5, 5.41) is 0.844. The van der Waals surface area contributed by atoms with E-state index < -0.39 is 10.0 Å². The topological polar surface area (TPSA) is 53.2 Å². The van der Waals surface area contributed by atoms with Crippen molar-refractivity contribution in [1.82, 2.24) is 9.29 Å². The van der Waals surface area contributed by atoms with Crippen LogP contribution in [0.2, 0.25) is 0 Å². The predicted octanol–water partition coefficient (Wildman–Crippen LogP) is 3.05. The molecule has 1 N–H and O–H groups in total. The Hall–Kier alpha value is -2.18. The SMILES string of the molecule is O=S(=O)(c1ccccc1)N1CCc2c([nH]c3ccc(F)cc23)C1. The number of aromatic nitrogens is 1. The van der Waals surface area contributed by atoms with Gasteiger partial charge in [-0.05, 0) is 42.3 Å². The second-order valence-corrected chi connectivity index (χ2v) is 7.61. The third kappa shape index (κ3) is 2.34. The number of aromatic amines is 1. The molecule has 4 nitrogen and oxygen atoms in total. The van der Waals surface area contributed by atoms with Gasteiger partial charge in [0, 0.05) is 23.1 Å². The van der Waals surface area contributed by atoms with Gasteiger partial charge in [0.1, 0.15) is 5.82 Å². The molecule has 118 valence electrons. The van der Waals surface area contributed by atoms with E-state index in [1.165, 1.54) is 16.4 Å². The second kappa shape index (κ2) is 5.18. The van der Waals surface area contributed by atoms with E-state index in [-0.39, 0.29) is 12.4 Å². The highest BCUT2D eigenvalue weighted by atomic mass is 32.2. The van der Waals surface area contributed by atoms with Crippen LogP contribution in [-0.4, -0.2) is 24.3 Å². The van der Waals surface area contributed by atoms with Crippen molar-refractivity contribution in [3.63, 3.8) is 0 Å². The normalized spacial score (nSPS) is 15.7. The van der Waals surface area contributed by atoms with Crippen molar-refractivity contribution < 1.29 is 12.8 Å². The van der Waals surface area contributed by atoms with Crippen LogP contribution in [0.4, 0.5) is 4.39 Å². The van der Waals surface area contributed by atoms with Gasteiger partial charge in [-0.15, -0.1) is 0 Å². The maximum atomic E-state index is 13.5. The van der Waals surface area contributed by atoms with Gasteiger partial charge < -0.3 is 4.98 Å². The number of hydrogen-bond acceptors (Lipinski definition) is 2. The molecule has 23 heavy (non-hydrogen) atoms. The fourth-order valence-corrected chi connectivity index (χ4v) is 4.56. The Morgan fingerprint density at radius 3 is 2.65 bits per heavy atom. The molecule has 6 heteroatoms. The van der Waals surface area contributed by atoms with E-state index in [0.29, 0.717) is 17.9 Å². The summed E-state index contributed by atoms with van der Waals surface area (Å²) in [6.07, 6.45) is 0.574. The third-order valence-corrected chi connectivity index (χ3v) is 6.14. The largest absolute Gasteiger partial charge is 0.357 e. The monoisotopic (exact) mass is 330 g/mol. The molecule has 1 aliphatic rings.